The van der Waals surface area contributed by atoms with Crippen molar-refractivity contribution in [2.75, 3.05) is 24.3 Å². The van der Waals surface area contributed by atoms with E-state index < -0.39 is 54.4 Å². The highest BCUT2D eigenvalue weighted by molar-refractivity contribution is 7.98. The highest BCUT2D eigenvalue weighted by Crippen LogP contribution is 1.98. The zero-order valence-corrected chi connectivity index (χ0v) is 17.6. The van der Waals surface area contributed by atoms with Crippen molar-refractivity contribution in [1.82, 2.24) is 10.6 Å². The summed E-state index contributed by atoms with van der Waals surface area (Å²) in [6.07, 6.45) is 2.24. The Morgan fingerprint density at radius 2 is 1.52 bits per heavy atom. The zero-order chi connectivity index (χ0) is 23.0. The summed E-state index contributed by atoms with van der Waals surface area (Å²) in [5.74, 6) is -3.80. The van der Waals surface area contributed by atoms with Crippen molar-refractivity contribution in [3.8, 4) is 0 Å². The summed E-state index contributed by atoms with van der Waals surface area (Å²) in [5, 5.41) is 29.6. The van der Waals surface area contributed by atoms with Crippen LogP contribution in [0.3, 0.4) is 0 Å². The number of nitrogens with two attached hydrogens (primary N) is 2. The lowest BCUT2D eigenvalue weighted by atomic mass is 10.1. The highest BCUT2D eigenvalue weighted by atomic mass is 32.2. The Bertz CT molecular complexity index is 564. The molecule has 0 aliphatic heterocycles. The maximum atomic E-state index is 11.5. The van der Waals surface area contributed by atoms with Gasteiger partial charge < -0.3 is 37.4 Å². The van der Waals surface area contributed by atoms with Crippen LogP contribution in [-0.2, 0) is 24.0 Å². The number of carboxylic acid groups (broad SMARTS) is 3. The van der Waals surface area contributed by atoms with E-state index in [-0.39, 0.29) is 18.6 Å². The topological polar surface area (TPSA) is 222 Å². The number of carbonyl (C=O) groups is 5. The first kappa shape index (κ1) is 29.2. The van der Waals surface area contributed by atoms with E-state index in [0.29, 0.717) is 6.42 Å². The first-order chi connectivity index (χ1) is 13.5. The fourth-order valence-electron chi connectivity index (χ4n) is 1.52. The van der Waals surface area contributed by atoms with Crippen LogP contribution in [-0.4, -0.2) is 87.5 Å². The van der Waals surface area contributed by atoms with Crippen molar-refractivity contribution in [1.29, 1.82) is 0 Å². The van der Waals surface area contributed by atoms with Gasteiger partial charge in [-0.2, -0.15) is 24.4 Å². The molecule has 0 saturated heterocycles. The predicted molar refractivity (Wildman–Crippen MR) is 110 cm³/mol. The summed E-state index contributed by atoms with van der Waals surface area (Å²) < 4.78 is 0. The largest absolute Gasteiger partial charge is 0.480 e. The van der Waals surface area contributed by atoms with Gasteiger partial charge in [-0.05, 0) is 24.9 Å². The summed E-state index contributed by atoms with van der Waals surface area (Å²) in [6.45, 7) is -0.567. The van der Waals surface area contributed by atoms with Gasteiger partial charge in [0.1, 0.15) is 24.7 Å². The van der Waals surface area contributed by atoms with Gasteiger partial charge in [-0.25, -0.2) is 0 Å². The third-order valence-corrected chi connectivity index (χ3v) is 4.21. The molecule has 0 aromatic heterocycles. The Kier molecular flexibility index (Phi) is 17.0. The lowest BCUT2D eigenvalue weighted by Gasteiger charge is -2.16. The number of nitrogens with one attached hydrogen (secondary N) is 2. The van der Waals surface area contributed by atoms with Gasteiger partial charge >= 0.3 is 17.9 Å². The second-order valence-corrected chi connectivity index (χ2v) is 6.97. The number of amides is 2. The van der Waals surface area contributed by atoms with Crippen molar-refractivity contribution in [3.05, 3.63) is 0 Å². The van der Waals surface area contributed by atoms with Crippen molar-refractivity contribution < 1.29 is 39.3 Å². The average molecular weight is 457 g/mol. The molecule has 0 bridgehead atoms. The van der Waals surface area contributed by atoms with Gasteiger partial charge in [0.2, 0.25) is 11.8 Å². The van der Waals surface area contributed by atoms with Gasteiger partial charge in [-0.3, -0.25) is 24.0 Å². The van der Waals surface area contributed by atoms with Crippen LogP contribution in [0, 0.1) is 0 Å². The molecule has 0 heterocycles. The van der Waals surface area contributed by atoms with Crippen LogP contribution >= 0.6 is 24.4 Å². The molecule has 0 aromatic carbocycles. The summed E-state index contributed by atoms with van der Waals surface area (Å²) in [5.41, 5.74) is 10.4. The van der Waals surface area contributed by atoms with Crippen LogP contribution < -0.4 is 22.1 Å². The minimum atomic E-state index is -1.22. The number of carbonyl (C=O) groups excluding carboxylic acids is 2. The van der Waals surface area contributed by atoms with Crippen molar-refractivity contribution >= 4 is 54.1 Å². The SMILES string of the molecule is CSCC[C@H](N)C(=O)O.N[C@@H](CCC(=O)N[C@@H](CS)C(=O)NCC(=O)O)C(=O)O. The van der Waals surface area contributed by atoms with Gasteiger partial charge in [0.05, 0.1) is 0 Å². The maximum absolute atomic E-state index is 11.5. The molecule has 0 unspecified atom stereocenters. The van der Waals surface area contributed by atoms with Gasteiger partial charge in [-0.1, -0.05) is 0 Å². The van der Waals surface area contributed by atoms with Crippen molar-refractivity contribution in [2.45, 2.75) is 37.4 Å². The van der Waals surface area contributed by atoms with Gasteiger partial charge in [0.25, 0.3) is 0 Å². The van der Waals surface area contributed by atoms with E-state index >= 15 is 0 Å². The Balaban J connectivity index is 0. The molecule has 14 heteroatoms. The highest BCUT2D eigenvalue weighted by Gasteiger charge is 2.20. The molecule has 12 nitrogen and oxygen atoms in total. The number of rotatable bonds is 13. The molecule has 0 aliphatic rings. The number of hydrogen-bond acceptors (Lipinski definition) is 9. The number of hydrogen-bond donors (Lipinski definition) is 8. The monoisotopic (exact) mass is 456 g/mol. The minimum Gasteiger partial charge on any atom is -0.480 e. The van der Waals surface area contributed by atoms with Gasteiger partial charge in [0.15, 0.2) is 0 Å². The quantitative estimate of drug-likeness (QED) is 0.141. The molecule has 0 rings (SSSR count). The molecule has 168 valence electrons. The normalized spacial score (nSPS) is 13.1. The molecule has 0 saturated carbocycles. The Labute approximate surface area is 177 Å². The van der Waals surface area contributed by atoms with Crippen LogP contribution in [0.15, 0.2) is 0 Å². The zero-order valence-electron chi connectivity index (χ0n) is 15.9. The van der Waals surface area contributed by atoms with E-state index in [1.807, 2.05) is 6.26 Å². The summed E-state index contributed by atoms with van der Waals surface area (Å²) in [7, 11) is 0. The third-order valence-electron chi connectivity index (χ3n) is 3.20. The van der Waals surface area contributed by atoms with Crippen LogP contribution in [0.4, 0.5) is 0 Å². The molecule has 0 aromatic rings. The van der Waals surface area contributed by atoms with Crippen LogP contribution in [0.25, 0.3) is 0 Å². The van der Waals surface area contributed by atoms with Gasteiger partial charge in [0, 0.05) is 12.2 Å². The number of thiol groups is 1. The molecule has 0 spiro atoms. The van der Waals surface area contributed by atoms with E-state index in [2.05, 4.69) is 23.3 Å². The molecular formula is C15H28N4O8S2. The van der Waals surface area contributed by atoms with E-state index in [1.54, 1.807) is 11.8 Å². The first-order valence-corrected chi connectivity index (χ1v) is 10.3. The van der Waals surface area contributed by atoms with E-state index in [4.69, 9.17) is 26.8 Å². The molecule has 9 N–H and O–H groups in total. The second-order valence-electron chi connectivity index (χ2n) is 5.62. The fourth-order valence-corrected chi connectivity index (χ4v) is 2.27. The molecular weight excluding hydrogens is 428 g/mol. The lowest BCUT2D eigenvalue weighted by molar-refractivity contribution is -0.139. The predicted octanol–water partition coefficient (Wildman–Crippen LogP) is -2.05. The maximum Gasteiger partial charge on any atom is 0.322 e. The van der Waals surface area contributed by atoms with Crippen LogP contribution in [0.5, 0.6) is 0 Å². The van der Waals surface area contributed by atoms with E-state index in [9.17, 15) is 24.0 Å². The van der Waals surface area contributed by atoms with Crippen molar-refractivity contribution in [2.24, 2.45) is 11.5 Å². The van der Waals surface area contributed by atoms with Crippen LogP contribution in [0.2, 0.25) is 0 Å². The lowest BCUT2D eigenvalue weighted by Crippen LogP contribution is -2.49. The van der Waals surface area contributed by atoms with E-state index in [1.165, 1.54) is 0 Å². The first-order valence-electron chi connectivity index (χ1n) is 8.31. The number of carboxylic acids is 3. The molecule has 0 fully saturated rings. The molecule has 29 heavy (non-hydrogen) atoms. The molecule has 3 atom stereocenters. The molecule has 2 amide bonds. The van der Waals surface area contributed by atoms with Gasteiger partial charge in [-0.15, -0.1) is 0 Å². The van der Waals surface area contributed by atoms with Crippen molar-refractivity contribution in [3.63, 3.8) is 0 Å². The fraction of sp³-hybridized carbons (Fsp3) is 0.667. The standard InChI is InChI=1S/C10H17N3O6S.C5H11NO2S/c11-5(10(18)19)1-2-7(14)13-6(4-20)9(17)12-3-8(15)16;1-9-3-2-4(6)5(7)8/h5-6,20H,1-4,11H2,(H,12,17)(H,13,14)(H,15,16)(H,18,19);4H,2-3,6H2,1H3,(H,7,8)/t5-,6-;4-/m00/s1. The Hall–Kier alpha value is -2.03. The Morgan fingerprint density at radius 1 is 1.00 bits per heavy atom. The number of thioether (sulfide) groups is 1. The smallest absolute Gasteiger partial charge is 0.322 e. The summed E-state index contributed by atoms with van der Waals surface area (Å²) >= 11 is 5.48. The minimum absolute atomic E-state index is 0.0256. The Morgan fingerprint density at radius 3 is 1.93 bits per heavy atom. The summed E-state index contributed by atoms with van der Waals surface area (Å²) in [6, 6.07) is -2.83. The average Bonchev–Trinajstić information content (AvgIpc) is 2.66. The molecule has 0 aliphatic carbocycles. The van der Waals surface area contributed by atoms with Crippen LogP contribution in [0.1, 0.15) is 19.3 Å². The molecule has 0 radical (unpaired) electrons. The van der Waals surface area contributed by atoms with E-state index in [0.717, 1.165) is 5.75 Å². The third kappa shape index (κ3) is 16.6. The summed E-state index contributed by atoms with van der Waals surface area (Å²) in [4.78, 5) is 53.8. The second kappa shape index (κ2) is 16.9. The number of aliphatic carboxylic acids is 3.